The van der Waals surface area contributed by atoms with Crippen LogP contribution in [0, 0.1) is 11.8 Å². The molecule has 1 amide bonds. The molecule has 1 heterocycles. The number of β-amino-alcohol motifs (C(OH)–C–C–N with tert-alkyl or cyclic N) is 1. The van der Waals surface area contributed by atoms with Gasteiger partial charge in [-0.1, -0.05) is 26.2 Å². The van der Waals surface area contributed by atoms with Crippen LogP contribution in [-0.4, -0.2) is 34.6 Å². The molecule has 2 fully saturated rings. The molecule has 1 N–H and O–H groups in total. The molecule has 0 aromatic rings. The first kappa shape index (κ1) is 15.8. The van der Waals surface area contributed by atoms with Gasteiger partial charge in [-0.25, -0.2) is 0 Å². The molecule has 20 heavy (non-hydrogen) atoms. The van der Waals surface area contributed by atoms with Crippen LogP contribution in [-0.2, 0) is 4.79 Å². The van der Waals surface area contributed by atoms with Crippen LogP contribution in [0.2, 0.25) is 0 Å². The van der Waals surface area contributed by atoms with Crippen LogP contribution in [0.15, 0.2) is 0 Å². The van der Waals surface area contributed by atoms with Crippen molar-refractivity contribution in [3.8, 4) is 0 Å². The quantitative estimate of drug-likeness (QED) is 0.858. The number of rotatable bonds is 4. The fraction of sp³-hybridized carbons (Fsp3) is 0.941. The number of hydrogen-bond donors (Lipinski definition) is 1. The van der Waals surface area contributed by atoms with E-state index in [1.54, 1.807) is 0 Å². The Balaban J connectivity index is 1.79. The van der Waals surface area contributed by atoms with Gasteiger partial charge in [0, 0.05) is 19.0 Å². The molecule has 2 rings (SSSR count). The number of aliphatic hydroxyl groups is 1. The van der Waals surface area contributed by atoms with Gasteiger partial charge in [0.15, 0.2) is 0 Å². The molecule has 0 aromatic heterocycles. The van der Waals surface area contributed by atoms with Crippen LogP contribution in [0.1, 0.15) is 71.6 Å². The molecule has 1 saturated carbocycles. The maximum absolute atomic E-state index is 12.6. The lowest BCUT2D eigenvalue weighted by atomic mass is 9.79. The molecule has 1 aliphatic heterocycles. The van der Waals surface area contributed by atoms with Crippen LogP contribution in [0.25, 0.3) is 0 Å². The monoisotopic (exact) mass is 281 g/mol. The number of piperidine rings is 1. The molecule has 0 spiro atoms. The molecule has 116 valence electrons. The number of nitrogens with zero attached hydrogens (tertiary/aromatic N) is 1. The van der Waals surface area contributed by atoms with E-state index in [4.69, 9.17) is 0 Å². The van der Waals surface area contributed by atoms with E-state index < -0.39 is 5.60 Å². The molecule has 1 unspecified atom stereocenters. The highest BCUT2D eigenvalue weighted by Gasteiger charge is 2.35. The first-order chi connectivity index (χ1) is 9.52. The first-order valence-electron chi connectivity index (χ1n) is 8.53. The van der Waals surface area contributed by atoms with Crippen LogP contribution >= 0.6 is 0 Å². The standard InChI is InChI=1S/C17H31NO2/c1-3-4-6-14-7-9-15(10-8-14)16(19)18-12-5-11-17(2,20)13-18/h14-15,20H,3-13H2,1-2H3. The van der Waals surface area contributed by atoms with Crippen LogP contribution in [0.3, 0.4) is 0 Å². The summed E-state index contributed by atoms with van der Waals surface area (Å²) >= 11 is 0. The van der Waals surface area contributed by atoms with Crippen molar-refractivity contribution >= 4 is 5.91 Å². The average Bonchev–Trinajstić information content (AvgIpc) is 2.44. The normalized spacial score (nSPS) is 35.0. The minimum Gasteiger partial charge on any atom is -0.388 e. The smallest absolute Gasteiger partial charge is 0.225 e. The summed E-state index contributed by atoms with van der Waals surface area (Å²) in [5, 5.41) is 10.1. The van der Waals surface area contributed by atoms with E-state index in [9.17, 15) is 9.90 Å². The van der Waals surface area contributed by atoms with Crippen LogP contribution in [0.5, 0.6) is 0 Å². The van der Waals surface area contributed by atoms with Gasteiger partial charge in [0.1, 0.15) is 0 Å². The second kappa shape index (κ2) is 6.93. The van der Waals surface area contributed by atoms with Crippen molar-refractivity contribution in [1.29, 1.82) is 0 Å². The Morgan fingerprint density at radius 2 is 2.00 bits per heavy atom. The predicted octanol–water partition coefficient (Wildman–Crippen LogP) is 3.36. The largest absolute Gasteiger partial charge is 0.388 e. The lowest BCUT2D eigenvalue weighted by Crippen LogP contribution is -2.50. The Labute approximate surface area is 123 Å². The summed E-state index contributed by atoms with van der Waals surface area (Å²) in [6.07, 6.45) is 10.3. The summed E-state index contributed by atoms with van der Waals surface area (Å²) in [7, 11) is 0. The van der Waals surface area contributed by atoms with Gasteiger partial charge in [-0.05, 0) is 51.4 Å². The summed E-state index contributed by atoms with van der Waals surface area (Å²) in [4.78, 5) is 14.5. The summed E-state index contributed by atoms with van der Waals surface area (Å²) in [5.74, 6) is 1.38. The molecule has 2 aliphatic rings. The molecule has 1 atom stereocenters. The van der Waals surface area contributed by atoms with E-state index in [2.05, 4.69) is 6.92 Å². The van der Waals surface area contributed by atoms with Crippen molar-refractivity contribution in [3.63, 3.8) is 0 Å². The number of amides is 1. The van der Waals surface area contributed by atoms with Crippen molar-refractivity contribution in [2.24, 2.45) is 11.8 Å². The maximum atomic E-state index is 12.6. The zero-order valence-electron chi connectivity index (χ0n) is 13.2. The van der Waals surface area contributed by atoms with Gasteiger partial charge < -0.3 is 10.0 Å². The highest BCUT2D eigenvalue weighted by Crippen LogP contribution is 2.34. The molecule has 3 heteroatoms. The van der Waals surface area contributed by atoms with Gasteiger partial charge in [-0.2, -0.15) is 0 Å². The van der Waals surface area contributed by atoms with Crippen LogP contribution < -0.4 is 0 Å². The van der Waals surface area contributed by atoms with Crippen molar-refractivity contribution in [2.75, 3.05) is 13.1 Å². The zero-order valence-corrected chi connectivity index (χ0v) is 13.2. The molecular weight excluding hydrogens is 250 g/mol. The Morgan fingerprint density at radius 1 is 1.30 bits per heavy atom. The average molecular weight is 281 g/mol. The molecule has 0 radical (unpaired) electrons. The number of unbranched alkanes of at least 4 members (excludes halogenated alkanes) is 1. The Kier molecular flexibility index (Phi) is 5.48. The second-order valence-corrected chi connectivity index (χ2v) is 7.22. The maximum Gasteiger partial charge on any atom is 0.225 e. The van der Waals surface area contributed by atoms with Crippen molar-refractivity contribution in [2.45, 2.75) is 77.2 Å². The zero-order chi connectivity index (χ0) is 14.6. The second-order valence-electron chi connectivity index (χ2n) is 7.22. The summed E-state index contributed by atoms with van der Waals surface area (Å²) in [6.45, 7) is 5.47. The number of hydrogen-bond acceptors (Lipinski definition) is 2. The molecule has 1 saturated heterocycles. The molecular formula is C17H31NO2. The van der Waals surface area contributed by atoms with Gasteiger partial charge >= 0.3 is 0 Å². The highest BCUT2D eigenvalue weighted by atomic mass is 16.3. The highest BCUT2D eigenvalue weighted by molar-refractivity contribution is 5.79. The third kappa shape index (κ3) is 4.21. The van der Waals surface area contributed by atoms with Crippen molar-refractivity contribution < 1.29 is 9.90 Å². The number of carbonyl (C=O) groups excluding carboxylic acids is 1. The van der Waals surface area contributed by atoms with Gasteiger partial charge in [-0.3, -0.25) is 4.79 Å². The predicted molar refractivity (Wildman–Crippen MR) is 81.4 cm³/mol. The van der Waals surface area contributed by atoms with Crippen molar-refractivity contribution in [3.05, 3.63) is 0 Å². The Morgan fingerprint density at radius 3 is 2.60 bits per heavy atom. The fourth-order valence-corrected chi connectivity index (χ4v) is 3.86. The van der Waals surface area contributed by atoms with E-state index in [0.29, 0.717) is 12.5 Å². The van der Waals surface area contributed by atoms with Gasteiger partial charge in [0.05, 0.1) is 5.60 Å². The summed E-state index contributed by atoms with van der Waals surface area (Å²) in [5.41, 5.74) is -0.674. The third-order valence-electron chi connectivity index (χ3n) is 5.15. The molecule has 3 nitrogen and oxygen atoms in total. The lowest BCUT2D eigenvalue weighted by Gasteiger charge is -2.39. The first-order valence-corrected chi connectivity index (χ1v) is 8.53. The Hall–Kier alpha value is -0.570. The lowest BCUT2D eigenvalue weighted by molar-refractivity contribution is -0.143. The number of carbonyl (C=O) groups is 1. The van der Waals surface area contributed by atoms with Gasteiger partial charge in [-0.15, -0.1) is 0 Å². The summed E-state index contributed by atoms with van der Waals surface area (Å²) in [6, 6.07) is 0. The topological polar surface area (TPSA) is 40.5 Å². The minimum absolute atomic E-state index is 0.224. The molecule has 1 aliphatic carbocycles. The van der Waals surface area contributed by atoms with E-state index in [1.165, 1.54) is 32.1 Å². The van der Waals surface area contributed by atoms with E-state index in [-0.39, 0.29) is 5.92 Å². The van der Waals surface area contributed by atoms with Crippen LogP contribution in [0.4, 0.5) is 0 Å². The van der Waals surface area contributed by atoms with E-state index >= 15 is 0 Å². The summed E-state index contributed by atoms with van der Waals surface area (Å²) < 4.78 is 0. The van der Waals surface area contributed by atoms with E-state index in [0.717, 1.165) is 38.1 Å². The van der Waals surface area contributed by atoms with Crippen molar-refractivity contribution in [1.82, 2.24) is 4.90 Å². The fourth-order valence-electron chi connectivity index (χ4n) is 3.86. The Bertz CT molecular complexity index is 319. The van der Waals surface area contributed by atoms with Gasteiger partial charge in [0.25, 0.3) is 0 Å². The molecule has 0 bridgehead atoms. The molecule has 0 aromatic carbocycles. The number of likely N-dealkylation sites (tertiary alicyclic amines) is 1. The minimum atomic E-state index is -0.674. The van der Waals surface area contributed by atoms with E-state index in [1.807, 2.05) is 11.8 Å². The van der Waals surface area contributed by atoms with Gasteiger partial charge in [0.2, 0.25) is 5.91 Å². The third-order valence-corrected chi connectivity index (χ3v) is 5.15. The SMILES string of the molecule is CCCCC1CCC(C(=O)N2CCCC(C)(O)C2)CC1.